The van der Waals surface area contributed by atoms with E-state index in [1.54, 1.807) is 0 Å². The number of carboxylic acid groups (broad SMARTS) is 1. The number of aliphatic hydroxyl groups is 1. The minimum Gasteiger partial charge on any atom is -0.480 e. The van der Waals surface area contributed by atoms with Crippen LogP contribution in [-0.2, 0) is 14.8 Å². The van der Waals surface area contributed by atoms with E-state index >= 15 is 0 Å². The summed E-state index contributed by atoms with van der Waals surface area (Å²) in [6.07, 6.45) is -1.15. The second kappa shape index (κ2) is 5.50. The number of β-amino-alcohol motifs (C(OH)–C–C–N with tert-alkyl or cyclic N) is 1. The fourth-order valence-corrected chi connectivity index (χ4v) is 4.07. The molecule has 1 aliphatic heterocycles. The Balaban J connectivity index is 2.43. The first-order valence-corrected chi connectivity index (χ1v) is 7.81. The van der Waals surface area contributed by atoms with E-state index < -0.39 is 28.1 Å². The zero-order valence-electron chi connectivity index (χ0n) is 10.0. The van der Waals surface area contributed by atoms with Crippen LogP contribution in [0.5, 0.6) is 0 Å². The summed E-state index contributed by atoms with van der Waals surface area (Å²) in [6, 6.07) is 2.43. The highest BCUT2D eigenvalue weighted by atomic mass is 35.5. The molecule has 0 radical (unpaired) electrons. The van der Waals surface area contributed by atoms with Crippen LogP contribution in [-0.4, -0.2) is 47.6 Å². The molecule has 20 heavy (non-hydrogen) atoms. The monoisotopic (exact) mass is 339 g/mol. The van der Waals surface area contributed by atoms with Crippen LogP contribution in [0.25, 0.3) is 0 Å². The van der Waals surface area contributed by atoms with Crippen molar-refractivity contribution in [3.8, 4) is 0 Å². The number of sulfonamides is 1. The highest BCUT2D eigenvalue weighted by Gasteiger charge is 2.43. The molecule has 1 aromatic carbocycles. The third kappa shape index (κ3) is 2.77. The van der Waals surface area contributed by atoms with Crippen LogP contribution in [0.3, 0.4) is 0 Å². The first-order valence-electron chi connectivity index (χ1n) is 5.61. The Morgan fingerprint density at radius 3 is 2.50 bits per heavy atom. The van der Waals surface area contributed by atoms with Crippen LogP contribution in [0.2, 0.25) is 10.0 Å². The van der Waals surface area contributed by atoms with Gasteiger partial charge in [-0.2, -0.15) is 4.31 Å². The molecule has 110 valence electrons. The van der Waals surface area contributed by atoms with Gasteiger partial charge in [0.25, 0.3) is 0 Å². The quantitative estimate of drug-likeness (QED) is 0.862. The topological polar surface area (TPSA) is 94.9 Å². The molecule has 9 heteroatoms. The molecular formula is C11H11Cl2NO5S. The molecule has 1 saturated heterocycles. The van der Waals surface area contributed by atoms with Gasteiger partial charge in [0.05, 0.1) is 21.0 Å². The maximum absolute atomic E-state index is 12.4. The summed E-state index contributed by atoms with van der Waals surface area (Å²) in [6.45, 7) is -0.264. The number of aliphatic carboxylic acids is 1. The third-order valence-corrected chi connectivity index (χ3v) is 5.63. The van der Waals surface area contributed by atoms with Crippen LogP contribution in [0.15, 0.2) is 23.1 Å². The summed E-state index contributed by atoms with van der Waals surface area (Å²) >= 11 is 11.5. The lowest BCUT2D eigenvalue weighted by molar-refractivity contribution is -0.140. The van der Waals surface area contributed by atoms with Crippen molar-refractivity contribution in [2.75, 3.05) is 6.54 Å². The van der Waals surface area contributed by atoms with E-state index in [9.17, 15) is 18.3 Å². The molecule has 0 saturated carbocycles. The van der Waals surface area contributed by atoms with Gasteiger partial charge in [0, 0.05) is 13.0 Å². The number of halogens is 2. The fraction of sp³-hybridized carbons (Fsp3) is 0.364. The number of benzene rings is 1. The Hall–Kier alpha value is -0.860. The van der Waals surface area contributed by atoms with Gasteiger partial charge in [-0.3, -0.25) is 4.79 Å². The summed E-state index contributed by atoms with van der Waals surface area (Å²) in [5, 5.41) is 18.8. The number of aliphatic hydroxyl groups excluding tert-OH is 1. The standard InChI is InChI=1S/C11H11Cl2NO5S/c12-8-2-1-7(4-9(8)13)20(18,19)14-5-6(15)3-10(14)11(16)17/h1-2,4,6,10,15H,3,5H2,(H,16,17)/t6-,10+/m0/s1. The molecule has 0 aliphatic carbocycles. The van der Waals surface area contributed by atoms with Crippen LogP contribution >= 0.6 is 23.2 Å². The first kappa shape index (κ1) is 15.5. The summed E-state index contributed by atoms with van der Waals surface area (Å²) in [5.74, 6) is -1.30. The largest absolute Gasteiger partial charge is 0.480 e. The first-order chi connectivity index (χ1) is 9.23. The van der Waals surface area contributed by atoms with Crippen molar-refractivity contribution >= 4 is 39.2 Å². The Labute approximate surface area is 125 Å². The summed E-state index contributed by atoms with van der Waals surface area (Å²) < 4.78 is 25.6. The summed E-state index contributed by atoms with van der Waals surface area (Å²) in [5.41, 5.74) is 0. The number of hydrogen-bond acceptors (Lipinski definition) is 4. The van der Waals surface area contributed by atoms with Crippen molar-refractivity contribution in [3.63, 3.8) is 0 Å². The second-order valence-corrected chi connectivity index (χ2v) is 7.10. The lowest BCUT2D eigenvalue weighted by Gasteiger charge is -2.20. The van der Waals surface area contributed by atoms with Gasteiger partial charge in [-0.05, 0) is 18.2 Å². The Kier molecular flexibility index (Phi) is 4.27. The highest BCUT2D eigenvalue weighted by molar-refractivity contribution is 7.89. The maximum atomic E-state index is 12.4. The van der Waals surface area contributed by atoms with Gasteiger partial charge in [0.2, 0.25) is 10.0 Å². The molecule has 0 spiro atoms. The number of hydrogen-bond donors (Lipinski definition) is 2. The minimum absolute atomic E-state index is 0.0550. The van der Waals surface area contributed by atoms with Gasteiger partial charge in [-0.1, -0.05) is 23.2 Å². The van der Waals surface area contributed by atoms with Gasteiger partial charge >= 0.3 is 5.97 Å². The third-order valence-electron chi connectivity index (χ3n) is 3.02. The van der Waals surface area contributed by atoms with E-state index in [0.29, 0.717) is 0 Å². The van der Waals surface area contributed by atoms with Crippen LogP contribution in [0, 0.1) is 0 Å². The van der Waals surface area contributed by atoms with E-state index in [0.717, 1.165) is 10.4 Å². The van der Waals surface area contributed by atoms with Crippen molar-refractivity contribution < 1.29 is 23.4 Å². The van der Waals surface area contributed by atoms with Crippen LogP contribution in [0.1, 0.15) is 6.42 Å². The van der Waals surface area contributed by atoms with Gasteiger partial charge in [-0.25, -0.2) is 8.42 Å². The SMILES string of the molecule is O=C(O)[C@H]1C[C@H](O)CN1S(=O)(=O)c1ccc(Cl)c(Cl)c1. The van der Waals surface area contributed by atoms with Gasteiger partial charge < -0.3 is 10.2 Å². The summed E-state index contributed by atoms with van der Waals surface area (Å²) in [7, 11) is -4.06. The second-order valence-electron chi connectivity index (χ2n) is 4.39. The van der Waals surface area contributed by atoms with Gasteiger partial charge in [0.1, 0.15) is 6.04 Å². The van der Waals surface area contributed by atoms with Gasteiger partial charge in [-0.15, -0.1) is 0 Å². The highest BCUT2D eigenvalue weighted by Crippen LogP contribution is 2.30. The Bertz CT molecular complexity index is 648. The lowest BCUT2D eigenvalue weighted by Crippen LogP contribution is -2.40. The minimum atomic E-state index is -4.06. The van der Waals surface area contributed by atoms with Crippen molar-refractivity contribution in [3.05, 3.63) is 28.2 Å². The van der Waals surface area contributed by atoms with E-state index in [-0.39, 0.29) is 27.9 Å². The summed E-state index contributed by atoms with van der Waals surface area (Å²) in [4.78, 5) is 10.9. The fourth-order valence-electron chi connectivity index (χ4n) is 2.05. The van der Waals surface area contributed by atoms with E-state index in [4.69, 9.17) is 28.3 Å². The molecule has 0 aromatic heterocycles. The molecule has 2 rings (SSSR count). The zero-order chi connectivity index (χ0) is 15.1. The number of carboxylic acids is 1. The van der Waals surface area contributed by atoms with E-state index in [2.05, 4.69) is 0 Å². The Morgan fingerprint density at radius 2 is 1.95 bits per heavy atom. The maximum Gasteiger partial charge on any atom is 0.322 e. The van der Waals surface area contributed by atoms with E-state index in [1.807, 2.05) is 0 Å². The van der Waals surface area contributed by atoms with Crippen molar-refractivity contribution in [2.24, 2.45) is 0 Å². The average molecular weight is 340 g/mol. The van der Waals surface area contributed by atoms with E-state index in [1.165, 1.54) is 12.1 Å². The Morgan fingerprint density at radius 1 is 1.30 bits per heavy atom. The average Bonchev–Trinajstić information content (AvgIpc) is 2.75. The molecule has 6 nitrogen and oxygen atoms in total. The zero-order valence-corrected chi connectivity index (χ0v) is 12.4. The van der Waals surface area contributed by atoms with Crippen LogP contribution < -0.4 is 0 Å². The van der Waals surface area contributed by atoms with Gasteiger partial charge in [0.15, 0.2) is 0 Å². The molecule has 2 atom stereocenters. The predicted octanol–water partition coefficient (Wildman–Crippen LogP) is 1.20. The van der Waals surface area contributed by atoms with Crippen molar-refractivity contribution in [2.45, 2.75) is 23.5 Å². The smallest absolute Gasteiger partial charge is 0.322 e. The predicted molar refractivity (Wildman–Crippen MR) is 72.4 cm³/mol. The molecule has 1 heterocycles. The molecule has 2 N–H and O–H groups in total. The van der Waals surface area contributed by atoms with Crippen molar-refractivity contribution in [1.29, 1.82) is 0 Å². The molecular weight excluding hydrogens is 329 g/mol. The number of nitrogens with zero attached hydrogens (tertiary/aromatic N) is 1. The van der Waals surface area contributed by atoms with Crippen LogP contribution in [0.4, 0.5) is 0 Å². The number of rotatable bonds is 3. The molecule has 0 bridgehead atoms. The molecule has 1 aromatic rings. The lowest BCUT2D eigenvalue weighted by atomic mass is 10.2. The molecule has 0 unspecified atom stereocenters. The molecule has 1 fully saturated rings. The van der Waals surface area contributed by atoms with Crippen molar-refractivity contribution in [1.82, 2.24) is 4.31 Å². The normalized spacial score (nSPS) is 23.9. The molecule has 0 amide bonds. The number of carbonyl (C=O) groups is 1. The molecule has 1 aliphatic rings.